The topological polar surface area (TPSA) is 64.1 Å². The molecule has 1 aromatic carbocycles. The zero-order valence-electron chi connectivity index (χ0n) is 10.4. The molecule has 7 heteroatoms. The van der Waals surface area contributed by atoms with Gasteiger partial charge < -0.3 is 0 Å². The Balaban J connectivity index is 2.46. The smallest absolute Gasteiger partial charge is 0.253 e. The van der Waals surface area contributed by atoms with Crippen LogP contribution in [-0.2, 0) is 9.84 Å². The van der Waals surface area contributed by atoms with Gasteiger partial charge in [0, 0.05) is 34.0 Å². The lowest BCUT2D eigenvalue weighted by Gasteiger charge is -2.07. The number of halogens is 1. The van der Waals surface area contributed by atoms with Gasteiger partial charge in [0.1, 0.15) is 0 Å². The van der Waals surface area contributed by atoms with E-state index in [2.05, 4.69) is 4.98 Å². The highest BCUT2D eigenvalue weighted by Gasteiger charge is 2.15. The van der Waals surface area contributed by atoms with Crippen LogP contribution in [-0.4, -0.2) is 24.9 Å². The maximum absolute atomic E-state index is 11.5. The van der Waals surface area contributed by atoms with E-state index in [1.165, 1.54) is 23.9 Å². The van der Waals surface area contributed by atoms with E-state index in [1.54, 1.807) is 30.6 Å². The monoisotopic (exact) mass is 327 g/mol. The first-order valence-corrected chi connectivity index (χ1v) is 8.58. The van der Waals surface area contributed by atoms with Crippen molar-refractivity contribution in [2.75, 3.05) is 6.26 Å². The van der Waals surface area contributed by atoms with Gasteiger partial charge in [0.2, 0.25) is 0 Å². The summed E-state index contributed by atoms with van der Waals surface area (Å²) in [4.78, 5) is 16.9. The number of hydrogen-bond donors (Lipinski definition) is 0. The Labute approximate surface area is 126 Å². The summed E-state index contributed by atoms with van der Waals surface area (Å²) in [5, 5.41) is -0.688. The first-order chi connectivity index (χ1) is 9.38. The molecule has 0 aliphatic carbocycles. The molecule has 0 amide bonds. The molecule has 0 unspecified atom stereocenters. The first-order valence-electron chi connectivity index (χ1n) is 5.50. The van der Waals surface area contributed by atoms with Crippen molar-refractivity contribution in [1.29, 1.82) is 0 Å². The van der Waals surface area contributed by atoms with Crippen molar-refractivity contribution in [3.8, 4) is 0 Å². The summed E-state index contributed by atoms with van der Waals surface area (Å²) >= 11 is 6.86. The van der Waals surface area contributed by atoms with Gasteiger partial charge in [-0.25, -0.2) is 8.42 Å². The SMILES string of the molecule is CS(=O)(=O)c1ccc(Sc2ccncc2)c(C(=O)Cl)c1. The number of aromatic nitrogens is 1. The van der Waals surface area contributed by atoms with E-state index in [-0.39, 0.29) is 10.5 Å². The van der Waals surface area contributed by atoms with Crippen LogP contribution in [0.15, 0.2) is 57.4 Å². The Morgan fingerprint density at radius 1 is 1.20 bits per heavy atom. The molecule has 0 saturated heterocycles. The fourth-order valence-electron chi connectivity index (χ4n) is 1.52. The van der Waals surface area contributed by atoms with Crippen molar-refractivity contribution in [3.63, 3.8) is 0 Å². The lowest BCUT2D eigenvalue weighted by Crippen LogP contribution is -2.01. The Bertz CT molecular complexity index is 745. The van der Waals surface area contributed by atoms with Gasteiger partial charge in [0.25, 0.3) is 5.24 Å². The summed E-state index contributed by atoms with van der Waals surface area (Å²) < 4.78 is 23.0. The highest BCUT2D eigenvalue weighted by Crippen LogP contribution is 2.32. The largest absolute Gasteiger partial charge is 0.276 e. The van der Waals surface area contributed by atoms with Crippen molar-refractivity contribution in [1.82, 2.24) is 4.98 Å². The standard InChI is InChI=1S/C13H10ClNO3S2/c1-20(17,18)10-2-3-12(11(8-10)13(14)16)19-9-4-6-15-7-5-9/h2-8H,1H3. The molecule has 0 atom stereocenters. The van der Waals surface area contributed by atoms with Crippen LogP contribution in [0.1, 0.15) is 10.4 Å². The summed E-state index contributed by atoms with van der Waals surface area (Å²) in [5.74, 6) is 0. The molecule has 0 saturated carbocycles. The minimum Gasteiger partial charge on any atom is -0.276 e. The lowest BCUT2D eigenvalue weighted by molar-refractivity contribution is 0.107. The number of hydrogen-bond acceptors (Lipinski definition) is 5. The first kappa shape index (κ1) is 15.0. The lowest BCUT2D eigenvalue weighted by atomic mass is 10.2. The Morgan fingerprint density at radius 3 is 2.40 bits per heavy atom. The van der Waals surface area contributed by atoms with Gasteiger partial charge in [-0.15, -0.1) is 0 Å². The highest BCUT2D eigenvalue weighted by atomic mass is 35.5. The van der Waals surface area contributed by atoms with E-state index in [0.717, 1.165) is 11.2 Å². The highest BCUT2D eigenvalue weighted by molar-refractivity contribution is 7.99. The van der Waals surface area contributed by atoms with Crippen LogP contribution in [0.4, 0.5) is 0 Å². The van der Waals surface area contributed by atoms with Crippen LogP contribution in [0.3, 0.4) is 0 Å². The van der Waals surface area contributed by atoms with Crippen LogP contribution in [0.25, 0.3) is 0 Å². The molecule has 1 heterocycles. The van der Waals surface area contributed by atoms with Crippen LogP contribution < -0.4 is 0 Å². The summed E-state index contributed by atoms with van der Waals surface area (Å²) in [7, 11) is -3.38. The minimum absolute atomic E-state index is 0.0700. The molecule has 0 N–H and O–H groups in total. The Hall–Kier alpha value is -1.37. The number of carbonyl (C=O) groups is 1. The van der Waals surface area contributed by atoms with Crippen molar-refractivity contribution in [3.05, 3.63) is 48.3 Å². The maximum atomic E-state index is 11.5. The zero-order valence-corrected chi connectivity index (χ0v) is 12.8. The fourth-order valence-corrected chi connectivity index (χ4v) is 3.28. The van der Waals surface area contributed by atoms with Gasteiger partial charge in [-0.1, -0.05) is 11.8 Å². The maximum Gasteiger partial charge on any atom is 0.253 e. The number of sulfone groups is 1. The number of rotatable bonds is 4. The number of pyridine rings is 1. The predicted molar refractivity (Wildman–Crippen MR) is 78.1 cm³/mol. The van der Waals surface area contributed by atoms with Gasteiger partial charge >= 0.3 is 0 Å². The second kappa shape index (κ2) is 5.95. The fraction of sp³-hybridized carbons (Fsp3) is 0.0769. The Kier molecular flexibility index (Phi) is 4.47. The molecule has 0 aliphatic heterocycles. The van der Waals surface area contributed by atoms with Crippen molar-refractivity contribution in [2.24, 2.45) is 0 Å². The molecule has 0 fully saturated rings. The van der Waals surface area contributed by atoms with E-state index in [9.17, 15) is 13.2 Å². The van der Waals surface area contributed by atoms with Crippen LogP contribution in [0, 0.1) is 0 Å². The molecule has 104 valence electrons. The summed E-state index contributed by atoms with van der Waals surface area (Å²) in [6.45, 7) is 0. The molecule has 0 aliphatic rings. The molecule has 0 radical (unpaired) electrons. The normalized spacial score (nSPS) is 11.3. The summed E-state index contributed by atoms with van der Waals surface area (Å²) in [6.07, 6.45) is 4.35. The van der Waals surface area contributed by atoms with Crippen molar-refractivity contribution < 1.29 is 13.2 Å². The van der Waals surface area contributed by atoms with E-state index >= 15 is 0 Å². The zero-order chi connectivity index (χ0) is 14.8. The second-order valence-corrected chi connectivity index (χ2v) is 7.46. The molecular weight excluding hydrogens is 318 g/mol. The summed E-state index contributed by atoms with van der Waals surface area (Å²) in [5.41, 5.74) is 0.177. The van der Waals surface area contributed by atoms with Gasteiger partial charge in [-0.3, -0.25) is 9.78 Å². The van der Waals surface area contributed by atoms with Crippen LogP contribution in [0.5, 0.6) is 0 Å². The van der Waals surface area contributed by atoms with Gasteiger partial charge in [-0.2, -0.15) is 0 Å². The van der Waals surface area contributed by atoms with E-state index in [4.69, 9.17) is 11.6 Å². The third-order valence-electron chi connectivity index (χ3n) is 2.47. The van der Waals surface area contributed by atoms with Crippen molar-refractivity contribution >= 4 is 38.4 Å². The average molecular weight is 328 g/mol. The molecule has 0 bridgehead atoms. The summed E-state index contributed by atoms with van der Waals surface area (Å²) in [6, 6.07) is 7.92. The molecule has 2 rings (SSSR count). The van der Waals surface area contributed by atoms with E-state index in [0.29, 0.717) is 4.90 Å². The second-order valence-electron chi connectivity index (χ2n) is 3.99. The van der Waals surface area contributed by atoms with Gasteiger partial charge in [-0.05, 0) is 41.9 Å². The number of carbonyl (C=O) groups excluding carboxylic acids is 1. The quantitative estimate of drug-likeness (QED) is 0.808. The van der Waals surface area contributed by atoms with Crippen LogP contribution in [0.2, 0.25) is 0 Å². The third-order valence-corrected chi connectivity index (χ3v) is 4.87. The molecule has 0 spiro atoms. The number of benzene rings is 1. The molecular formula is C13H10ClNO3S2. The Morgan fingerprint density at radius 2 is 1.85 bits per heavy atom. The van der Waals surface area contributed by atoms with E-state index < -0.39 is 15.1 Å². The molecule has 1 aromatic heterocycles. The number of nitrogens with zero attached hydrogens (tertiary/aromatic N) is 1. The van der Waals surface area contributed by atoms with Gasteiger partial charge in [0.15, 0.2) is 9.84 Å². The predicted octanol–water partition coefficient (Wildman–Crippen LogP) is 3.02. The average Bonchev–Trinajstić information content (AvgIpc) is 2.38. The molecule has 4 nitrogen and oxygen atoms in total. The van der Waals surface area contributed by atoms with Gasteiger partial charge in [0.05, 0.1) is 4.90 Å². The minimum atomic E-state index is -3.38. The van der Waals surface area contributed by atoms with E-state index in [1.807, 2.05) is 0 Å². The van der Waals surface area contributed by atoms with Crippen LogP contribution >= 0.6 is 23.4 Å². The molecule has 2 aromatic rings. The molecule has 20 heavy (non-hydrogen) atoms. The third kappa shape index (κ3) is 3.59. The van der Waals surface area contributed by atoms with Crippen molar-refractivity contribution in [2.45, 2.75) is 14.7 Å².